The van der Waals surface area contributed by atoms with Crippen LogP contribution in [-0.2, 0) is 19.3 Å². The number of aryl methyl sites for hydroxylation is 1. The zero-order valence-corrected chi connectivity index (χ0v) is 14.1. The Bertz CT molecular complexity index is 990. The number of carbonyl (C=O) groups excluding carboxylic acids is 1. The first kappa shape index (κ1) is 16.6. The molecule has 6 heteroatoms. The van der Waals surface area contributed by atoms with Crippen LogP contribution in [0.15, 0.2) is 42.6 Å². The number of hydrogen-bond donors (Lipinski definition) is 2. The standard InChI is InChI=1S/C20H18FN3O2/c21-17-5-6-18-16(10-17)11-22-19(23-18)8-12-1-2-13-3-4-14(20(25)24-26)9-15(13)7-12/h3-6,9-12,26H,1-2,7-8H2,(H,24,25). The van der Waals surface area contributed by atoms with Crippen molar-refractivity contribution < 1.29 is 14.4 Å². The maximum Gasteiger partial charge on any atom is 0.274 e. The van der Waals surface area contributed by atoms with E-state index in [-0.39, 0.29) is 5.82 Å². The van der Waals surface area contributed by atoms with Crippen LogP contribution < -0.4 is 5.48 Å². The molecule has 1 aliphatic carbocycles. The van der Waals surface area contributed by atoms with Gasteiger partial charge in [0.05, 0.1) is 5.52 Å². The SMILES string of the molecule is O=C(NO)c1ccc2c(c1)CC(Cc1ncc3cc(F)ccc3n1)CC2. The van der Waals surface area contributed by atoms with E-state index in [9.17, 15) is 9.18 Å². The second-order valence-corrected chi connectivity index (χ2v) is 6.73. The molecule has 0 saturated heterocycles. The smallest absolute Gasteiger partial charge is 0.274 e. The Labute approximate surface area is 149 Å². The Kier molecular flexibility index (Phi) is 4.34. The number of rotatable bonds is 3. The molecule has 2 N–H and O–H groups in total. The summed E-state index contributed by atoms with van der Waals surface area (Å²) in [7, 11) is 0. The van der Waals surface area contributed by atoms with E-state index in [1.54, 1.807) is 23.8 Å². The molecule has 1 atom stereocenters. The summed E-state index contributed by atoms with van der Waals surface area (Å²) in [5.74, 6) is 0.343. The molecule has 1 aliphatic rings. The number of nitrogens with zero attached hydrogens (tertiary/aromatic N) is 2. The van der Waals surface area contributed by atoms with Gasteiger partial charge >= 0.3 is 0 Å². The summed E-state index contributed by atoms with van der Waals surface area (Å²) in [5.41, 5.74) is 5.25. The lowest BCUT2D eigenvalue weighted by Gasteiger charge is -2.24. The van der Waals surface area contributed by atoms with Gasteiger partial charge in [-0.3, -0.25) is 10.0 Å². The van der Waals surface area contributed by atoms with Gasteiger partial charge in [0.25, 0.3) is 5.91 Å². The number of halogens is 1. The Hall–Kier alpha value is -2.86. The van der Waals surface area contributed by atoms with Gasteiger partial charge in [0.1, 0.15) is 11.6 Å². The van der Waals surface area contributed by atoms with Crippen LogP contribution in [0.5, 0.6) is 0 Å². The first-order chi connectivity index (χ1) is 12.6. The molecule has 26 heavy (non-hydrogen) atoms. The molecule has 132 valence electrons. The Morgan fingerprint density at radius 1 is 1.23 bits per heavy atom. The summed E-state index contributed by atoms with van der Waals surface area (Å²) in [6.45, 7) is 0. The molecular formula is C20H18FN3O2. The van der Waals surface area contributed by atoms with Gasteiger partial charge in [-0.05, 0) is 66.6 Å². The first-order valence-electron chi connectivity index (χ1n) is 8.60. The monoisotopic (exact) mass is 351 g/mol. The highest BCUT2D eigenvalue weighted by Gasteiger charge is 2.21. The lowest BCUT2D eigenvalue weighted by Crippen LogP contribution is -2.21. The van der Waals surface area contributed by atoms with Gasteiger partial charge in [-0.1, -0.05) is 6.07 Å². The molecule has 5 nitrogen and oxygen atoms in total. The van der Waals surface area contributed by atoms with Crippen LogP contribution in [-0.4, -0.2) is 21.1 Å². The Morgan fingerprint density at radius 2 is 2.12 bits per heavy atom. The molecule has 0 fully saturated rings. The Morgan fingerprint density at radius 3 is 2.96 bits per heavy atom. The maximum absolute atomic E-state index is 13.3. The predicted octanol–water partition coefficient (Wildman–Crippen LogP) is 3.24. The lowest BCUT2D eigenvalue weighted by molar-refractivity contribution is 0.0706. The van der Waals surface area contributed by atoms with Crippen molar-refractivity contribution in [3.8, 4) is 0 Å². The fraction of sp³-hybridized carbons (Fsp3) is 0.250. The van der Waals surface area contributed by atoms with E-state index in [2.05, 4.69) is 9.97 Å². The van der Waals surface area contributed by atoms with Crippen LogP contribution in [0.4, 0.5) is 4.39 Å². The molecule has 1 aromatic heterocycles. The highest BCUT2D eigenvalue weighted by atomic mass is 19.1. The summed E-state index contributed by atoms with van der Waals surface area (Å²) in [6.07, 6.45) is 5.22. The van der Waals surface area contributed by atoms with E-state index in [0.29, 0.717) is 16.9 Å². The van der Waals surface area contributed by atoms with Crippen molar-refractivity contribution in [2.45, 2.75) is 25.7 Å². The van der Waals surface area contributed by atoms with Gasteiger partial charge in [-0.2, -0.15) is 0 Å². The third kappa shape index (κ3) is 3.28. The lowest BCUT2D eigenvalue weighted by atomic mass is 9.81. The van der Waals surface area contributed by atoms with Crippen molar-refractivity contribution in [2.24, 2.45) is 5.92 Å². The van der Waals surface area contributed by atoms with E-state index in [1.807, 2.05) is 12.1 Å². The molecule has 1 unspecified atom stereocenters. The van der Waals surface area contributed by atoms with Crippen LogP contribution in [0.2, 0.25) is 0 Å². The Balaban J connectivity index is 1.53. The van der Waals surface area contributed by atoms with Gasteiger partial charge in [-0.15, -0.1) is 0 Å². The number of benzene rings is 2. The quantitative estimate of drug-likeness (QED) is 0.561. The van der Waals surface area contributed by atoms with Crippen molar-refractivity contribution in [3.05, 3.63) is 70.9 Å². The maximum atomic E-state index is 13.3. The molecule has 4 rings (SSSR count). The molecule has 0 spiro atoms. The number of carbonyl (C=O) groups is 1. The molecule has 0 radical (unpaired) electrons. The van der Waals surface area contributed by atoms with Gasteiger partial charge in [0.15, 0.2) is 0 Å². The molecule has 0 saturated carbocycles. The molecule has 3 aromatic rings. The third-order valence-electron chi connectivity index (χ3n) is 4.96. The first-order valence-corrected chi connectivity index (χ1v) is 8.60. The van der Waals surface area contributed by atoms with E-state index in [1.165, 1.54) is 17.7 Å². The minimum atomic E-state index is -0.500. The highest BCUT2D eigenvalue weighted by Crippen LogP contribution is 2.28. The van der Waals surface area contributed by atoms with Gasteiger partial charge in [-0.25, -0.2) is 19.8 Å². The summed E-state index contributed by atoms with van der Waals surface area (Å²) in [4.78, 5) is 20.5. The number of hydrogen-bond acceptors (Lipinski definition) is 4. The average molecular weight is 351 g/mol. The minimum absolute atomic E-state index is 0.291. The van der Waals surface area contributed by atoms with E-state index >= 15 is 0 Å². The predicted molar refractivity (Wildman–Crippen MR) is 94.4 cm³/mol. The van der Waals surface area contributed by atoms with Gasteiger partial charge in [0.2, 0.25) is 0 Å². The largest absolute Gasteiger partial charge is 0.288 e. The minimum Gasteiger partial charge on any atom is -0.288 e. The molecule has 2 aromatic carbocycles. The third-order valence-corrected chi connectivity index (χ3v) is 4.96. The average Bonchev–Trinajstić information content (AvgIpc) is 2.67. The van der Waals surface area contributed by atoms with Crippen LogP contribution in [0.1, 0.15) is 33.7 Å². The second kappa shape index (κ2) is 6.80. The number of aromatic nitrogens is 2. The zero-order chi connectivity index (χ0) is 18.1. The van der Waals surface area contributed by atoms with Crippen LogP contribution in [0, 0.1) is 11.7 Å². The normalized spacial score (nSPS) is 16.3. The van der Waals surface area contributed by atoms with Crippen molar-refractivity contribution in [1.29, 1.82) is 0 Å². The van der Waals surface area contributed by atoms with E-state index in [4.69, 9.17) is 5.21 Å². The van der Waals surface area contributed by atoms with Crippen LogP contribution in [0.25, 0.3) is 10.9 Å². The number of fused-ring (bicyclic) bond motifs is 2. The van der Waals surface area contributed by atoms with Crippen molar-refractivity contribution in [1.82, 2.24) is 15.4 Å². The fourth-order valence-electron chi connectivity index (χ4n) is 3.61. The van der Waals surface area contributed by atoms with Gasteiger partial charge < -0.3 is 0 Å². The van der Waals surface area contributed by atoms with E-state index < -0.39 is 5.91 Å². The van der Waals surface area contributed by atoms with Crippen molar-refractivity contribution in [3.63, 3.8) is 0 Å². The number of amides is 1. The molecular weight excluding hydrogens is 333 g/mol. The summed E-state index contributed by atoms with van der Waals surface area (Å²) in [5, 5.41) is 9.50. The second-order valence-electron chi connectivity index (χ2n) is 6.73. The number of nitrogens with one attached hydrogen (secondary N) is 1. The molecule has 1 amide bonds. The van der Waals surface area contributed by atoms with Crippen molar-refractivity contribution in [2.75, 3.05) is 0 Å². The summed E-state index contributed by atoms with van der Waals surface area (Å²) >= 11 is 0. The molecule has 0 bridgehead atoms. The summed E-state index contributed by atoms with van der Waals surface area (Å²) < 4.78 is 13.3. The summed E-state index contributed by atoms with van der Waals surface area (Å²) in [6, 6.07) is 10.0. The molecule has 1 heterocycles. The fourth-order valence-corrected chi connectivity index (χ4v) is 3.61. The van der Waals surface area contributed by atoms with Crippen LogP contribution >= 0.6 is 0 Å². The molecule has 0 aliphatic heterocycles. The topological polar surface area (TPSA) is 75.1 Å². The zero-order valence-electron chi connectivity index (χ0n) is 14.1. The van der Waals surface area contributed by atoms with Gasteiger partial charge in [0, 0.05) is 23.6 Å². The van der Waals surface area contributed by atoms with Crippen molar-refractivity contribution >= 4 is 16.8 Å². The van der Waals surface area contributed by atoms with E-state index in [0.717, 1.165) is 42.6 Å². The highest BCUT2D eigenvalue weighted by molar-refractivity contribution is 5.93. The number of hydroxylamine groups is 1. The van der Waals surface area contributed by atoms with Crippen LogP contribution in [0.3, 0.4) is 0 Å².